The van der Waals surface area contributed by atoms with Crippen molar-refractivity contribution in [1.29, 1.82) is 0 Å². The highest BCUT2D eigenvalue weighted by Gasteiger charge is 2.19. The molecule has 1 saturated heterocycles. The standard InChI is InChI=1S/C21H23N5O/c1-2-25-11-13-26(14-12-25)20-10-6-5-9-18(20)24-21(27)19-15-22-16-7-3-4-8-17(16)23-19/h3-10,15H,2,11-14H2,1H3,(H,24,27). The number of rotatable bonds is 4. The van der Waals surface area contributed by atoms with Crippen molar-refractivity contribution in [1.82, 2.24) is 14.9 Å². The average Bonchev–Trinajstić information content (AvgIpc) is 2.74. The summed E-state index contributed by atoms with van der Waals surface area (Å²) in [6.07, 6.45) is 1.53. The molecule has 1 N–H and O–H groups in total. The SMILES string of the molecule is CCN1CCN(c2ccccc2NC(=O)c2cnc3ccccc3n2)CC1. The molecule has 0 atom stereocenters. The van der Waals surface area contributed by atoms with Gasteiger partial charge >= 0.3 is 0 Å². The van der Waals surface area contributed by atoms with Gasteiger partial charge in [0, 0.05) is 26.2 Å². The summed E-state index contributed by atoms with van der Waals surface area (Å²) >= 11 is 0. The topological polar surface area (TPSA) is 61.4 Å². The van der Waals surface area contributed by atoms with Crippen LogP contribution in [0, 0.1) is 0 Å². The first kappa shape index (κ1) is 17.4. The van der Waals surface area contributed by atoms with Crippen LogP contribution in [0.1, 0.15) is 17.4 Å². The van der Waals surface area contributed by atoms with Crippen molar-refractivity contribution >= 4 is 28.3 Å². The molecule has 2 aromatic carbocycles. The number of amides is 1. The minimum Gasteiger partial charge on any atom is -0.367 e. The monoisotopic (exact) mass is 361 g/mol. The number of hydrogen-bond acceptors (Lipinski definition) is 5. The van der Waals surface area contributed by atoms with Crippen LogP contribution in [0.4, 0.5) is 11.4 Å². The van der Waals surface area contributed by atoms with E-state index in [9.17, 15) is 4.79 Å². The van der Waals surface area contributed by atoms with Crippen LogP contribution in [0.2, 0.25) is 0 Å². The first-order chi connectivity index (χ1) is 13.2. The van der Waals surface area contributed by atoms with E-state index in [1.165, 1.54) is 6.20 Å². The van der Waals surface area contributed by atoms with Crippen LogP contribution < -0.4 is 10.2 Å². The van der Waals surface area contributed by atoms with E-state index in [2.05, 4.69) is 38.1 Å². The van der Waals surface area contributed by atoms with Gasteiger partial charge in [-0.3, -0.25) is 9.78 Å². The first-order valence-corrected chi connectivity index (χ1v) is 9.34. The van der Waals surface area contributed by atoms with Crippen molar-refractivity contribution in [2.24, 2.45) is 0 Å². The molecule has 0 spiro atoms. The fourth-order valence-corrected chi connectivity index (χ4v) is 3.41. The average molecular weight is 361 g/mol. The highest BCUT2D eigenvalue weighted by molar-refractivity contribution is 6.05. The maximum absolute atomic E-state index is 12.8. The molecule has 3 aromatic rings. The zero-order chi connectivity index (χ0) is 18.6. The van der Waals surface area contributed by atoms with E-state index in [0.29, 0.717) is 11.2 Å². The number of hydrogen-bond donors (Lipinski definition) is 1. The van der Waals surface area contributed by atoms with Crippen molar-refractivity contribution in [3.8, 4) is 0 Å². The number of carbonyl (C=O) groups is 1. The zero-order valence-corrected chi connectivity index (χ0v) is 15.4. The first-order valence-electron chi connectivity index (χ1n) is 9.34. The largest absolute Gasteiger partial charge is 0.367 e. The van der Waals surface area contributed by atoms with Gasteiger partial charge in [0.15, 0.2) is 0 Å². The number of para-hydroxylation sites is 4. The number of nitrogens with zero attached hydrogens (tertiary/aromatic N) is 4. The molecule has 0 unspecified atom stereocenters. The van der Waals surface area contributed by atoms with Crippen molar-refractivity contribution in [3.05, 3.63) is 60.4 Å². The van der Waals surface area contributed by atoms with Gasteiger partial charge in [0.1, 0.15) is 5.69 Å². The maximum atomic E-state index is 12.8. The normalized spacial score (nSPS) is 15.1. The zero-order valence-electron chi connectivity index (χ0n) is 15.4. The van der Waals surface area contributed by atoms with Gasteiger partial charge in [-0.25, -0.2) is 4.98 Å². The molecule has 1 aliphatic heterocycles. The predicted octanol–water partition coefficient (Wildman–Crippen LogP) is 3.02. The second-order valence-electron chi connectivity index (χ2n) is 6.64. The third-order valence-electron chi connectivity index (χ3n) is 4.99. The van der Waals surface area contributed by atoms with Crippen LogP contribution in [-0.2, 0) is 0 Å². The van der Waals surface area contributed by atoms with Gasteiger partial charge in [0.2, 0.25) is 0 Å². The molecule has 6 heteroatoms. The van der Waals surface area contributed by atoms with Gasteiger partial charge in [0.05, 0.1) is 28.6 Å². The second-order valence-corrected chi connectivity index (χ2v) is 6.64. The molecule has 0 bridgehead atoms. The molecule has 0 saturated carbocycles. The molecule has 6 nitrogen and oxygen atoms in total. The van der Waals surface area contributed by atoms with Crippen molar-refractivity contribution < 1.29 is 4.79 Å². The van der Waals surface area contributed by atoms with E-state index < -0.39 is 0 Å². The number of likely N-dealkylation sites (N-methyl/N-ethyl adjacent to an activating group) is 1. The molecule has 1 fully saturated rings. The Bertz CT molecular complexity index is 950. The third kappa shape index (κ3) is 3.75. The molecular formula is C21H23N5O. The molecule has 1 aliphatic rings. The lowest BCUT2D eigenvalue weighted by atomic mass is 10.2. The summed E-state index contributed by atoms with van der Waals surface area (Å²) in [6, 6.07) is 15.5. The molecule has 1 aromatic heterocycles. The van der Waals surface area contributed by atoms with Crippen molar-refractivity contribution in [2.75, 3.05) is 42.9 Å². The highest BCUT2D eigenvalue weighted by Crippen LogP contribution is 2.27. The minimum absolute atomic E-state index is 0.243. The number of aromatic nitrogens is 2. The lowest BCUT2D eigenvalue weighted by Gasteiger charge is -2.36. The summed E-state index contributed by atoms with van der Waals surface area (Å²) in [6.45, 7) is 7.25. The van der Waals surface area contributed by atoms with E-state index in [1.54, 1.807) is 0 Å². The smallest absolute Gasteiger partial charge is 0.275 e. The van der Waals surface area contributed by atoms with E-state index in [1.807, 2.05) is 42.5 Å². The van der Waals surface area contributed by atoms with Gasteiger partial charge < -0.3 is 15.1 Å². The summed E-state index contributed by atoms with van der Waals surface area (Å²) in [7, 11) is 0. The highest BCUT2D eigenvalue weighted by atomic mass is 16.1. The molecule has 27 heavy (non-hydrogen) atoms. The summed E-state index contributed by atoms with van der Waals surface area (Å²) in [4.78, 5) is 26.3. The minimum atomic E-state index is -0.243. The van der Waals surface area contributed by atoms with E-state index in [0.717, 1.165) is 49.6 Å². The number of carbonyl (C=O) groups excluding carboxylic acids is 1. The van der Waals surface area contributed by atoms with Gasteiger partial charge in [-0.15, -0.1) is 0 Å². The third-order valence-corrected chi connectivity index (χ3v) is 4.99. The molecule has 138 valence electrons. The summed E-state index contributed by atoms with van der Waals surface area (Å²) in [5.74, 6) is -0.243. The number of nitrogens with one attached hydrogen (secondary N) is 1. The van der Waals surface area contributed by atoms with Crippen LogP contribution in [0.3, 0.4) is 0 Å². The number of fused-ring (bicyclic) bond motifs is 1. The summed E-state index contributed by atoms with van der Waals surface area (Å²) < 4.78 is 0. The maximum Gasteiger partial charge on any atom is 0.275 e. The molecule has 0 aliphatic carbocycles. The summed E-state index contributed by atoms with van der Waals surface area (Å²) in [5.41, 5.74) is 3.68. The molecular weight excluding hydrogens is 338 g/mol. The Morgan fingerprint density at radius 3 is 2.48 bits per heavy atom. The van der Waals surface area contributed by atoms with Gasteiger partial charge in [-0.2, -0.15) is 0 Å². The van der Waals surface area contributed by atoms with E-state index in [4.69, 9.17) is 0 Å². The number of benzene rings is 2. The Balaban J connectivity index is 1.54. The van der Waals surface area contributed by atoms with Gasteiger partial charge in [-0.05, 0) is 30.8 Å². The van der Waals surface area contributed by atoms with Gasteiger partial charge in [-0.1, -0.05) is 31.2 Å². The Hall–Kier alpha value is -2.99. The molecule has 1 amide bonds. The van der Waals surface area contributed by atoms with Crippen LogP contribution in [0.15, 0.2) is 54.7 Å². The van der Waals surface area contributed by atoms with Crippen molar-refractivity contribution in [3.63, 3.8) is 0 Å². The Morgan fingerprint density at radius 2 is 1.70 bits per heavy atom. The Morgan fingerprint density at radius 1 is 1.00 bits per heavy atom. The molecule has 0 radical (unpaired) electrons. The van der Waals surface area contributed by atoms with E-state index >= 15 is 0 Å². The fraction of sp³-hybridized carbons (Fsp3) is 0.286. The Labute approximate surface area is 158 Å². The quantitative estimate of drug-likeness (QED) is 0.774. The number of piperazine rings is 1. The lowest BCUT2D eigenvalue weighted by Crippen LogP contribution is -2.46. The fourth-order valence-electron chi connectivity index (χ4n) is 3.41. The van der Waals surface area contributed by atoms with E-state index in [-0.39, 0.29) is 5.91 Å². The van der Waals surface area contributed by atoms with Crippen LogP contribution in [0.5, 0.6) is 0 Å². The van der Waals surface area contributed by atoms with Crippen molar-refractivity contribution in [2.45, 2.75) is 6.92 Å². The number of anilines is 2. The molecule has 4 rings (SSSR count). The predicted molar refractivity (Wildman–Crippen MR) is 108 cm³/mol. The lowest BCUT2D eigenvalue weighted by molar-refractivity contribution is 0.102. The molecule has 2 heterocycles. The van der Waals surface area contributed by atoms with Crippen LogP contribution in [0.25, 0.3) is 11.0 Å². The van der Waals surface area contributed by atoms with Crippen LogP contribution >= 0.6 is 0 Å². The summed E-state index contributed by atoms with van der Waals surface area (Å²) in [5, 5.41) is 3.02. The van der Waals surface area contributed by atoms with Gasteiger partial charge in [0.25, 0.3) is 5.91 Å². The van der Waals surface area contributed by atoms with Crippen LogP contribution in [-0.4, -0.2) is 53.5 Å². The second kappa shape index (κ2) is 7.72. The Kier molecular flexibility index (Phi) is 4.98.